The number of benzene rings is 2. The standard InChI is InChI=1S/C21H24N2OS/c1-16-9-6-11-20(18(16)3)23(13-7-12-22)21(24)15-25-14-19-10-5-4-8-17(19)2/h4-6,8-11H,7,13-15H2,1-3H3. The van der Waals surface area contributed by atoms with Crippen molar-refractivity contribution in [2.24, 2.45) is 0 Å². The largest absolute Gasteiger partial charge is 0.310 e. The zero-order valence-corrected chi connectivity index (χ0v) is 15.9. The van der Waals surface area contributed by atoms with Gasteiger partial charge in [-0.25, -0.2) is 0 Å². The van der Waals surface area contributed by atoms with Gasteiger partial charge in [0, 0.05) is 18.0 Å². The van der Waals surface area contributed by atoms with Crippen molar-refractivity contribution in [1.29, 1.82) is 5.26 Å². The van der Waals surface area contributed by atoms with Gasteiger partial charge in [-0.15, -0.1) is 11.8 Å². The molecule has 0 heterocycles. The molecule has 0 bridgehead atoms. The average Bonchev–Trinajstić information content (AvgIpc) is 2.60. The Kier molecular flexibility index (Phi) is 7.09. The van der Waals surface area contributed by atoms with Crippen LogP contribution in [0.15, 0.2) is 42.5 Å². The summed E-state index contributed by atoms with van der Waals surface area (Å²) in [7, 11) is 0. The summed E-state index contributed by atoms with van der Waals surface area (Å²) < 4.78 is 0. The highest BCUT2D eigenvalue weighted by Crippen LogP contribution is 2.24. The first kappa shape index (κ1) is 19.1. The van der Waals surface area contributed by atoms with Crippen molar-refractivity contribution >= 4 is 23.4 Å². The molecule has 0 N–H and O–H groups in total. The van der Waals surface area contributed by atoms with E-state index in [0.29, 0.717) is 18.7 Å². The first-order chi connectivity index (χ1) is 12.0. The van der Waals surface area contributed by atoms with Crippen LogP contribution in [0.3, 0.4) is 0 Å². The fourth-order valence-corrected chi connectivity index (χ4v) is 3.64. The molecule has 0 atom stereocenters. The van der Waals surface area contributed by atoms with Crippen molar-refractivity contribution in [3.05, 3.63) is 64.7 Å². The lowest BCUT2D eigenvalue weighted by atomic mass is 10.1. The third kappa shape index (κ3) is 5.11. The summed E-state index contributed by atoms with van der Waals surface area (Å²) in [6.45, 7) is 6.59. The Balaban J connectivity index is 2.07. The molecule has 130 valence electrons. The van der Waals surface area contributed by atoms with Crippen LogP contribution in [0, 0.1) is 32.1 Å². The second-order valence-electron chi connectivity index (χ2n) is 6.09. The fourth-order valence-electron chi connectivity index (χ4n) is 2.67. The minimum absolute atomic E-state index is 0.0579. The molecule has 2 aromatic carbocycles. The fraction of sp³-hybridized carbons (Fsp3) is 0.333. The van der Waals surface area contributed by atoms with Crippen molar-refractivity contribution in [2.45, 2.75) is 32.9 Å². The average molecular weight is 353 g/mol. The molecular formula is C21H24N2OS. The molecular weight excluding hydrogens is 328 g/mol. The van der Waals surface area contributed by atoms with Gasteiger partial charge in [0.05, 0.1) is 18.2 Å². The summed E-state index contributed by atoms with van der Waals surface area (Å²) in [4.78, 5) is 14.5. The van der Waals surface area contributed by atoms with Crippen LogP contribution in [0.5, 0.6) is 0 Å². The summed E-state index contributed by atoms with van der Waals surface area (Å²) >= 11 is 1.62. The third-order valence-corrected chi connectivity index (χ3v) is 5.33. The number of nitrogens with zero attached hydrogens (tertiary/aromatic N) is 2. The molecule has 0 radical (unpaired) electrons. The Morgan fingerprint density at radius 3 is 2.52 bits per heavy atom. The van der Waals surface area contributed by atoms with E-state index in [1.54, 1.807) is 16.7 Å². The van der Waals surface area contributed by atoms with E-state index in [0.717, 1.165) is 22.6 Å². The number of aryl methyl sites for hydroxylation is 2. The first-order valence-electron chi connectivity index (χ1n) is 8.40. The maximum Gasteiger partial charge on any atom is 0.237 e. The van der Waals surface area contributed by atoms with Crippen molar-refractivity contribution in [3.8, 4) is 6.07 Å². The van der Waals surface area contributed by atoms with Gasteiger partial charge in [0.2, 0.25) is 5.91 Å². The number of hydrogen-bond acceptors (Lipinski definition) is 3. The van der Waals surface area contributed by atoms with E-state index in [9.17, 15) is 4.79 Å². The molecule has 0 saturated carbocycles. The number of hydrogen-bond donors (Lipinski definition) is 0. The molecule has 1 amide bonds. The molecule has 4 heteroatoms. The van der Waals surface area contributed by atoms with Gasteiger partial charge in [-0.3, -0.25) is 4.79 Å². The monoisotopic (exact) mass is 352 g/mol. The van der Waals surface area contributed by atoms with Crippen LogP contribution >= 0.6 is 11.8 Å². The lowest BCUT2D eigenvalue weighted by molar-refractivity contribution is -0.116. The van der Waals surface area contributed by atoms with E-state index in [4.69, 9.17) is 5.26 Å². The van der Waals surface area contributed by atoms with Crippen LogP contribution < -0.4 is 4.90 Å². The van der Waals surface area contributed by atoms with Gasteiger partial charge in [-0.1, -0.05) is 36.4 Å². The van der Waals surface area contributed by atoms with Gasteiger partial charge in [0.25, 0.3) is 0 Å². The molecule has 0 spiro atoms. The maximum absolute atomic E-state index is 12.8. The Labute approximate surface area is 154 Å². The van der Waals surface area contributed by atoms with E-state index < -0.39 is 0 Å². The summed E-state index contributed by atoms with van der Waals surface area (Å²) in [5, 5.41) is 8.93. The Hall–Kier alpha value is -2.25. The number of nitriles is 1. The molecule has 3 nitrogen and oxygen atoms in total. The molecule has 0 aliphatic carbocycles. The summed E-state index contributed by atoms with van der Waals surface area (Å²) in [5.74, 6) is 1.28. The van der Waals surface area contributed by atoms with E-state index in [1.165, 1.54) is 11.1 Å². The summed E-state index contributed by atoms with van der Waals surface area (Å²) in [6, 6.07) is 16.4. The van der Waals surface area contributed by atoms with Crippen molar-refractivity contribution < 1.29 is 4.79 Å². The number of thioether (sulfide) groups is 1. The number of carbonyl (C=O) groups is 1. The predicted molar refractivity (Wildman–Crippen MR) is 106 cm³/mol. The lowest BCUT2D eigenvalue weighted by Gasteiger charge is -2.24. The molecule has 2 aromatic rings. The molecule has 0 saturated heterocycles. The number of rotatable bonds is 7. The van der Waals surface area contributed by atoms with Crippen LogP contribution in [-0.2, 0) is 10.5 Å². The van der Waals surface area contributed by atoms with Crippen LogP contribution in [0.25, 0.3) is 0 Å². The Morgan fingerprint density at radius 1 is 1.08 bits per heavy atom. The SMILES string of the molecule is Cc1ccccc1CSCC(=O)N(CCC#N)c1cccc(C)c1C. The lowest BCUT2D eigenvalue weighted by Crippen LogP contribution is -2.34. The van der Waals surface area contributed by atoms with Crippen LogP contribution in [0.4, 0.5) is 5.69 Å². The van der Waals surface area contributed by atoms with E-state index in [-0.39, 0.29) is 5.91 Å². The van der Waals surface area contributed by atoms with Gasteiger partial charge < -0.3 is 4.90 Å². The third-order valence-electron chi connectivity index (χ3n) is 4.36. The molecule has 2 rings (SSSR count). The van der Waals surface area contributed by atoms with Gasteiger partial charge in [0.1, 0.15) is 0 Å². The van der Waals surface area contributed by atoms with Crippen LogP contribution in [-0.4, -0.2) is 18.2 Å². The quantitative estimate of drug-likeness (QED) is 0.719. The molecule has 25 heavy (non-hydrogen) atoms. The Bertz CT molecular complexity index is 780. The highest BCUT2D eigenvalue weighted by molar-refractivity contribution is 7.99. The van der Waals surface area contributed by atoms with Crippen molar-refractivity contribution in [2.75, 3.05) is 17.2 Å². The van der Waals surface area contributed by atoms with Gasteiger partial charge in [-0.05, 0) is 49.1 Å². The number of carbonyl (C=O) groups excluding carboxylic acids is 1. The highest BCUT2D eigenvalue weighted by atomic mass is 32.2. The zero-order valence-electron chi connectivity index (χ0n) is 15.1. The highest BCUT2D eigenvalue weighted by Gasteiger charge is 2.18. The predicted octanol–water partition coefficient (Wildman–Crippen LogP) is 4.79. The maximum atomic E-state index is 12.8. The molecule has 0 unspecified atom stereocenters. The zero-order chi connectivity index (χ0) is 18.2. The molecule has 0 fully saturated rings. The van der Waals surface area contributed by atoms with Gasteiger partial charge in [0.15, 0.2) is 0 Å². The smallest absolute Gasteiger partial charge is 0.237 e. The topological polar surface area (TPSA) is 44.1 Å². The normalized spacial score (nSPS) is 10.3. The van der Waals surface area contributed by atoms with Gasteiger partial charge >= 0.3 is 0 Å². The first-order valence-corrected chi connectivity index (χ1v) is 9.56. The minimum Gasteiger partial charge on any atom is -0.310 e. The molecule has 0 aliphatic heterocycles. The van der Waals surface area contributed by atoms with Crippen LogP contribution in [0.1, 0.15) is 28.7 Å². The van der Waals surface area contributed by atoms with Crippen molar-refractivity contribution in [3.63, 3.8) is 0 Å². The van der Waals surface area contributed by atoms with E-state index >= 15 is 0 Å². The van der Waals surface area contributed by atoms with Gasteiger partial charge in [-0.2, -0.15) is 5.26 Å². The van der Waals surface area contributed by atoms with Crippen molar-refractivity contribution in [1.82, 2.24) is 0 Å². The van der Waals surface area contributed by atoms with Crippen LogP contribution in [0.2, 0.25) is 0 Å². The second-order valence-corrected chi connectivity index (χ2v) is 7.08. The number of anilines is 1. The second kappa shape index (κ2) is 9.29. The van der Waals surface area contributed by atoms with E-state index in [1.807, 2.05) is 44.2 Å². The molecule has 0 aliphatic rings. The Morgan fingerprint density at radius 2 is 1.80 bits per heavy atom. The summed E-state index contributed by atoms with van der Waals surface area (Å²) in [6.07, 6.45) is 0.335. The number of amides is 1. The molecule has 0 aromatic heterocycles. The minimum atomic E-state index is 0.0579. The van der Waals surface area contributed by atoms with E-state index in [2.05, 4.69) is 25.1 Å². The summed E-state index contributed by atoms with van der Waals surface area (Å²) in [5.41, 5.74) is 5.67.